The molecule has 1 amide bonds. The molecule has 1 atom stereocenters. The van der Waals surface area contributed by atoms with Crippen LogP contribution < -0.4 is 10.6 Å². The Labute approximate surface area is 125 Å². The maximum absolute atomic E-state index is 12.1. The predicted octanol–water partition coefficient (Wildman–Crippen LogP) is 1.37. The van der Waals surface area contributed by atoms with Crippen LogP contribution in [0.3, 0.4) is 0 Å². The number of hydrogen-bond donors (Lipinski definition) is 2. The van der Waals surface area contributed by atoms with Crippen molar-refractivity contribution in [2.24, 2.45) is 0 Å². The van der Waals surface area contributed by atoms with Gasteiger partial charge in [0, 0.05) is 18.3 Å². The van der Waals surface area contributed by atoms with Crippen molar-refractivity contribution in [3.05, 3.63) is 29.8 Å². The van der Waals surface area contributed by atoms with E-state index < -0.39 is 0 Å². The van der Waals surface area contributed by atoms with Gasteiger partial charge in [0.1, 0.15) is 0 Å². The second-order valence-corrected chi connectivity index (χ2v) is 5.40. The standard InChI is InChI=1S/C16H22N4O/c1-18-11-15-3-2-10-20(15)12-16(21)19-14-6-4-13(5-7-14)8-9-17/h4-7,15,18H,2-3,8,10-12H2,1H3,(H,19,21). The molecule has 21 heavy (non-hydrogen) atoms. The van der Waals surface area contributed by atoms with Crippen LogP contribution in [0.1, 0.15) is 18.4 Å². The summed E-state index contributed by atoms with van der Waals surface area (Å²) in [6.45, 7) is 2.35. The average Bonchev–Trinajstić information content (AvgIpc) is 2.89. The quantitative estimate of drug-likeness (QED) is 0.829. The number of likely N-dealkylation sites (tertiary alicyclic amines) is 1. The molecule has 0 radical (unpaired) electrons. The molecule has 0 aliphatic carbocycles. The van der Waals surface area contributed by atoms with Crippen molar-refractivity contribution in [2.75, 3.05) is 32.0 Å². The Balaban J connectivity index is 1.85. The zero-order valence-electron chi connectivity index (χ0n) is 12.4. The Morgan fingerprint density at radius 3 is 2.86 bits per heavy atom. The summed E-state index contributed by atoms with van der Waals surface area (Å²) in [6.07, 6.45) is 2.70. The summed E-state index contributed by atoms with van der Waals surface area (Å²) in [5.41, 5.74) is 1.75. The predicted molar refractivity (Wildman–Crippen MR) is 82.9 cm³/mol. The average molecular weight is 286 g/mol. The van der Waals surface area contributed by atoms with E-state index >= 15 is 0 Å². The lowest BCUT2D eigenvalue weighted by atomic mass is 10.1. The minimum Gasteiger partial charge on any atom is -0.325 e. The molecule has 0 aromatic heterocycles. The third-order valence-corrected chi connectivity index (χ3v) is 3.81. The Hall–Kier alpha value is -1.90. The van der Waals surface area contributed by atoms with Crippen LogP contribution in [-0.4, -0.2) is 43.5 Å². The number of carbonyl (C=O) groups excluding carboxylic acids is 1. The van der Waals surface area contributed by atoms with Gasteiger partial charge in [0.05, 0.1) is 19.0 Å². The summed E-state index contributed by atoms with van der Waals surface area (Å²) in [6, 6.07) is 10.0. The van der Waals surface area contributed by atoms with Gasteiger partial charge in [-0.25, -0.2) is 0 Å². The first kappa shape index (κ1) is 15.5. The smallest absolute Gasteiger partial charge is 0.238 e. The van der Waals surface area contributed by atoms with Crippen LogP contribution in [0.25, 0.3) is 0 Å². The first-order valence-electron chi connectivity index (χ1n) is 7.37. The summed E-state index contributed by atoms with van der Waals surface area (Å²) in [7, 11) is 1.94. The van der Waals surface area contributed by atoms with Crippen molar-refractivity contribution < 1.29 is 4.79 Å². The maximum atomic E-state index is 12.1. The fraction of sp³-hybridized carbons (Fsp3) is 0.500. The zero-order chi connectivity index (χ0) is 15.1. The van der Waals surface area contributed by atoms with Crippen LogP contribution in [0, 0.1) is 11.3 Å². The molecule has 2 rings (SSSR count). The van der Waals surface area contributed by atoms with E-state index in [1.54, 1.807) is 0 Å². The monoisotopic (exact) mass is 286 g/mol. The molecule has 1 heterocycles. The van der Waals surface area contributed by atoms with Crippen LogP contribution in [0.5, 0.6) is 0 Å². The molecule has 5 heteroatoms. The number of rotatable bonds is 6. The summed E-state index contributed by atoms with van der Waals surface area (Å²) < 4.78 is 0. The van der Waals surface area contributed by atoms with Crippen LogP contribution >= 0.6 is 0 Å². The molecule has 1 aliphatic rings. The van der Waals surface area contributed by atoms with Crippen LogP contribution in [-0.2, 0) is 11.2 Å². The minimum atomic E-state index is 0.0195. The van der Waals surface area contributed by atoms with Crippen molar-refractivity contribution >= 4 is 11.6 Å². The molecule has 5 nitrogen and oxygen atoms in total. The lowest BCUT2D eigenvalue weighted by molar-refractivity contribution is -0.117. The van der Waals surface area contributed by atoms with Crippen LogP contribution in [0.15, 0.2) is 24.3 Å². The van der Waals surface area contributed by atoms with Crippen molar-refractivity contribution in [1.29, 1.82) is 5.26 Å². The van der Waals surface area contributed by atoms with Crippen molar-refractivity contribution in [3.63, 3.8) is 0 Å². The maximum Gasteiger partial charge on any atom is 0.238 e. The highest BCUT2D eigenvalue weighted by Gasteiger charge is 2.25. The SMILES string of the molecule is CNCC1CCCN1CC(=O)Nc1ccc(CC#N)cc1. The van der Waals surface area contributed by atoms with E-state index in [2.05, 4.69) is 21.6 Å². The fourth-order valence-electron chi connectivity index (χ4n) is 2.75. The van der Waals surface area contributed by atoms with E-state index in [1.165, 1.54) is 0 Å². The number of carbonyl (C=O) groups is 1. The Morgan fingerprint density at radius 2 is 2.19 bits per heavy atom. The van der Waals surface area contributed by atoms with Gasteiger partial charge in [-0.2, -0.15) is 5.26 Å². The molecule has 0 spiro atoms. The largest absolute Gasteiger partial charge is 0.325 e. The summed E-state index contributed by atoms with van der Waals surface area (Å²) in [5.74, 6) is 0.0195. The van der Waals surface area contributed by atoms with Gasteiger partial charge in [-0.1, -0.05) is 12.1 Å². The number of benzene rings is 1. The summed E-state index contributed by atoms with van der Waals surface area (Å²) in [4.78, 5) is 14.3. The number of likely N-dealkylation sites (N-methyl/N-ethyl adjacent to an activating group) is 1. The van der Waals surface area contributed by atoms with E-state index in [9.17, 15) is 4.79 Å². The van der Waals surface area contributed by atoms with Gasteiger partial charge in [-0.3, -0.25) is 9.69 Å². The normalized spacial score (nSPS) is 18.4. The first-order chi connectivity index (χ1) is 10.2. The van der Waals surface area contributed by atoms with E-state index in [0.717, 1.165) is 37.2 Å². The minimum absolute atomic E-state index is 0.0195. The molecule has 1 unspecified atom stereocenters. The molecule has 1 saturated heterocycles. The van der Waals surface area contributed by atoms with E-state index in [-0.39, 0.29) is 5.91 Å². The van der Waals surface area contributed by atoms with Gasteiger partial charge >= 0.3 is 0 Å². The third kappa shape index (κ3) is 4.55. The number of nitrogens with one attached hydrogen (secondary N) is 2. The molecular weight excluding hydrogens is 264 g/mol. The number of anilines is 1. The molecule has 1 aromatic rings. The Bertz CT molecular complexity index is 506. The van der Waals surface area contributed by atoms with Crippen LogP contribution in [0.2, 0.25) is 0 Å². The molecule has 1 aliphatic heterocycles. The van der Waals surface area contributed by atoms with Gasteiger partial charge in [0.2, 0.25) is 5.91 Å². The molecule has 2 N–H and O–H groups in total. The lowest BCUT2D eigenvalue weighted by Gasteiger charge is -2.23. The van der Waals surface area contributed by atoms with E-state index in [0.29, 0.717) is 19.0 Å². The van der Waals surface area contributed by atoms with Crippen molar-refractivity contribution in [3.8, 4) is 6.07 Å². The van der Waals surface area contributed by atoms with Gasteiger partial charge in [-0.05, 0) is 44.1 Å². The highest BCUT2D eigenvalue weighted by molar-refractivity contribution is 5.92. The van der Waals surface area contributed by atoms with E-state index in [1.807, 2.05) is 31.3 Å². The van der Waals surface area contributed by atoms with Crippen LogP contribution in [0.4, 0.5) is 5.69 Å². The van der Waals surface area contributed by atoms with Crippen molar-refractivity contribution in [2.45, 2.75) is 25.3 Å². The van der Waals surface area contributed by atoms with E-state index in [4.69, 9.17) is 5.26 Å². The molecule has 0 saturated carbocycles. The van der Waals surface area contributed by atoms with Gasteiger partial charge in [-0.15, -0.1) is 0 Å². The summed E-state index contributed by atoms with van der Waals surface area (Å²) in [5, 5.41) is 14.7. The van der Waals surface area contributed by atoms with Gasteiger partial charge in [0.15, 0.2) is 0 Å². The molecule has 112 valence electrons. The number of hydrogen-bond acceptors (Lipinski definition) is 4. The topological polar surface area (TPSA) is 68.2 Å². The second-order valence-electron chi connectivity index (χ2n) is 5.40. The molecule has 1 aromatic carbocycles. The molecule has 1 fully saturated rings. The number of nitriles is 1. The fourth-order valence-corrected chi connectivity index (χ4v) is 2.75. The first-order valence-corrected chi connectivity index (χ1v) is 7.37. The highest BCUT2D eigenvalue weighted by atomic mass is 16.2. The Kier molecular flexibility index (Phi) is 5.73. The van der Waals surface area contributed by atoms with Gasteiger partial charge < -0.3 is 10.6 Å². The third-order valence-electron chi connectivity index (χ3n) is 3.81. The second kappa shape index (κ2) is 7.77. The van der Waals surface area contributed by atoms with Gasteiger partial charge in [0.25, 0.3) is 0 Å². The highest BCUT2D eigenvalue weighted by Crippen LogP contribution is 2.16. The molecule has 0 bridgehead atoms. The lowest BCUT2D eigenvalue weighted by Crippen LogP contribution is -2.41. The zero-order valence-corrected chi connectivity index (χ0v) is 12.4. The van der Waals surface area contributed by atoms with Crippen molar-refractivity contribution in [1.82, 2.24) is 10.2 Å². The number of nitrogens with zero attached hydrogens (tertiary/aromatic N) is 2. The molecular formula is C16H22N4O. The number of amides is 1. The Morgan fingerprint density at radius 1 is 1.43 bits per heavy atom. The summed E-state index contributed by atoms with van der Waals surface area (Å²) >= 11 is 0.